The number of hydrogen-bond acceptors (Lipinski definition) is 7. The zero-order valence-electron chi connectivity index (χ0n) is 14.2. The molecule has 0 aromatic rings. The molecule has 7 nitrogen and oxygen atoms in total. The summed E-state index contributed by atoms with van der Waals surface area (Å²) in [7, 11) is 0. The number of halogens is 1. The van der Waals surface area contributed by atoms with E-state index in [-0.39, 0.29) is 42.8 Å². The summed E-state index contributed by atoms with van der Waals surface area (Å²) in [5, 5.41) is 9.39. The number of ether oxygens (including phenoxy) is 3. The number of alkyl halides is 1. The minimum atomic E-state index is -0.958. The maximum absolute atomic E-state index is 12.3. The molecular weight excluding hydrogens is 352 g/mol. The molecule has 2 atom stereocenters. The predicted octanol–water partition coefficient (Wildman–Crippen LogP) is 1.52. The quantitative estimate of drug-likeness (QED) is 0.215. The van der Waals surface area contributed by atoms with Crippen molar-refractivity contribution >= 4 is 29.5 Å². The second kappa shape index (κ2) is 10.9. The summed E-state index contributed by atoms with van der Waals surface area (Å²) >= 11 is 5.46. The molecule has 0 aromatic carbocycles. The van der Waals surface area contributed by atoms with E-state index in [9.17, 15) is 19.5 Å². The Morgan fingerprint density at radius 2 is 1.96 bits per heavy atom. The van der Waals surface area contributed by atoms with Gasteiger partial charge in [0.25, 0.3) is 0 Å². The Labute approximate surface area is 151 Å². The molecule has 1 rings (SSSR count). The van der Waals surface area contributed by atoms with E-state index in [2.05, 4.69) is 6.58 Å². The standard InChI is InChI=1S/C17H23ClO7/c1-3-14(20)23-7-8-24-16(21)13-6-4-5-11(2)15(13)17(22)25-10-12(19)9-18/h3,11-12,19H,1,4-10H2,2H3. The van der Waals surface area contributed by atoms with Gasteiger partial charge in [-0.25, -0.2) is 14.4 Å². The molecule has 0 saturated carbocycles. The van der Waals surface area contributed by atoms with Crippen LogP contribution in [0.4, 0.5) is 0 Å². The summed E-state index contributed by atoms with van der Waals surface area (Å²) in [4.78, 5) is 35.4. The van der Waals surface area contributed by atoms with Gasteiger partial charge in [0.2, 0.25) is 0 Å². The predicted molar refractivity (Wildman–Crippen MR) is 89.8 cm³/mol. The van der Waals surface area contributed by atoms with Crippen LogP contribution in [0.5, 0.6) is 0 Å². The largest absolute Gasteiger partial charge is 0.460 e. The van der Waals surface area contributed by atoms with Gasteiger partial charge in [-0.2, -0.15) is 0 Å². The van der Waals surface area contributed by atoms with Crippen LogP contribution in [0.2, 0.25) is 0 Å². The lowest BCUT2D eigenvalue weighted by Gasteiger charge is -2.24. The van der Waals surface area contributed by atoms with Gasteiger partial charge in [0, 0.05) is 11.6 Å². The molecule has 1 aliphatic carbocycles. The van der Waals surface area contributed by atoms with Crippen molar-refractivity contribution in [3.8, 4) is 0 Å². The molecule has 0 aromatic heterocycles. The lowest BCUT2D eigenvalue weighted by molar-refractivity contribution is -0.147. The first-order valence-electron chi connectivity index (χ1n) is 8.01. The average Bonchev–Trinajstić information content (AvgIpc) is 2.62. The highest BCUT2D eigenvalue weighted by molar-refractivity contribution is 6.18. The van der Waals surface area contributed by atoms with E-state index in [1.165, 1.54) is 0 Å². The van der Waals surface area contributed by atoms with E-state index in [4.69, 9.17) is 25.8 Å². The second-order valence-electron chi connectivity index (χ2n) is 5.60. The molecule has 140 valence electrons. The highest BCUT2D eigenvalue weighted by atomic mass is 35.5. The Kier molecular flexibility index (Phi) is 9.23. The molecule has 0 radical (unpaired) electrons. The lowest BCUT2D eigenvalue weighted by Crippen LogP contribution is -2.27. The van der Waals surface area contributed by atoms with E-state index in [0.29, 0.717) is 6.42 Å². The van der Waals surface area contributed by atoms with Gasteiger partial charge in [-0.15, -0.1) is 11.6 Å². The molecule has 2 unspecified atom stereocenters. The van der Waals surface area contributed by atoms with E-state index < -0.39 is 24.0 Å². The van der Waals surface area contributed by atoms with E-state index in [0.717, 1.165) is 18.9 Å². The zero-order chi connectivity index (χ0) is 18.8. The fourth-order valence-corrected chi connectivity index (χ4v) is 2.50. The topological polar surface area (TPSA) is 99.1 Å². The molecule has 0 amide bonds. The number of carbonyl (C=O) groups excluding carboxylic acids is 3. The maximum Gasteiger partial charge on any atom is 0.334 e. The SMILES string of the molecule is C=CC(=O)OCCOC(=O)C1=C(C(=O)OCC(O)CCl)C(C)CCC1. The Morgan fingerprint density at radius 3 is 2.60 bits per heavy atom. The van der Waals surface area contributed by atoms with Gasteiger partial charge in [-0.05, 0) is 25.2 Å². The molecule has 0 saturated heterocycles. The number of aliphatic hydroxyl groups is 1. The van der Waals surface area contributed by atoms with E-state index in [1.54, 1.807) is 0 Å². The number of rotatable bonds is 9. The molecule has 0 bridgehead atoms. The van der Waals surface area contributed by atoms with Crippen LogP contribution in [0, 0.1) is 5.92 Å². The van der Waals surface area contributed by atoms with Crippen LogP contribution in [-0.2, 0) is 28.6 Å². The van der Waals surface area contributed by atoms with Gasteiger partial charge < -0.3 is 19.3 Å². The first kappa shape index (κ1) is 21.2. The molecule has 8 heteroatoms. The lowest BCUT2D eigenvalue weighted by atomic mass is 9.84. The van der Waals surface area contributed by atoms with Gasteiger partial charge in [0.15, 0.2) is 0 Å². The van der Waals surface area contributed by atoms with E-state index >= 15 is 0 Å². The molecule has 0 fully saturated rings. The Bertz CT molecular complexity index is 541. The van der Waals surface area contributed by atoms with Crippen LogP contribution in [0.3, 0.4) is 0 Å². The smallest absolute Gasteiger partial charge is 0.334 e. The van der Waals surface area contributed by atoms with E-state index in [1.807, 2.05) is 6.92 Å². The first-order valence-corrected chi connectivity index (χ1v) is 8.54. The molecule has 25 heavy (non-hydrogen) atoms. The summed E-state index contributed by atoms with van der Waals surface area (Å²) in [6.45, 7) is 4.63. The molecule has 0 heterocycles. The van der Waals surface area contributed by atoms with Crippen molar-refractivity contribution in [1.82, 2.24) is 0 Å². The van der Waals surface area contributed by atoms with Crippen molar-refractivity contribution in [3.05, 3.63) is 23.8 Å². The highest BCUT2D eigenvalue weighted by Crippen LogP contribution is 2.31. The maximum atomic E-state index is 12.3. The number of aliphatic hydroxyl groups excluding tert-OH is 1. The highest BCUT2D eigenvalue weighted by Gasteiger charge is 2.31. The minimum absolute atomic E-state index is 0.0553. The van der Waals surface area contributed by atoms with Crippen LogP contribution in [0.25, 0.3) is 0 Å². The van der Waals surface area contributed by atoms with Crippen molar-refractivity contribution in [2.75, 3.05) is 25.7 Å². The van der Waals surface area contributed by atoms with Crippen LogP contribution >= 0.6 is 11.6 Å². The number of esters is 3. The molecule has 0 aliphatic heterocycles. The van der Waals surface area contributed by atoms with Crippen molar-refractivity contribution in [1.29, 1.82) is 0 Å². The third kappa shape index (κ3) is 6.88. The monoisotopic (exact) mass is 374 g/mol. The fraction of sp³-hybridized carbons (Fsp3) is 0.588. The van der Waals surface area contributed by atoms with Crippen LogP contribution in [-0.4, -0.2) is 54.8 Å². The third-order valence-electron chi connectivity index (χ3n) is 3.66. The summed E-state index contributed by atoms with van der Waals surface area (Å²) in [6.07, 6.45) is 1.95. The summed E-state index contributed by atoms with van der Waals surface area (Å²) in [5.41, 5.74) is 0.528. The molecule has 0 spiro atoms. The first-order chi connectivity index (χ1) is 11.9. The van der Waals surface area contributed by atoms with Crippen molar-refractivity contribution in [2.24, 2.45) is 5.92 Å². The zero-order valence-corrected chi connectivity index (χ0v) is 14.9. The molecular formula is C17H23ClO7. The number of carbonyl (C=O) groups is 3. The summed E-state index contributed by atoms with van der Waals surface area (Å²) < 4.78 is 14.8. The van der Waals surface area contributed by atoms with Gasteiger partial charge in [0.1, 0.15) is 25.9 Å². The normalized spacial score (nSPS) is 18.3. The number of hydrogen-bond donors (Lipinski definition) is 1. The van der Waals surface area contributed by atoms with Crippen molar-refractivity contribution < 1.29 is 33.7 Å². The minimum Gasteiger partial charge on any atom is -0.460 e. The van der Waals surface area contributed by atoms with Gasteiger partial charge in [-0.1, -0.05) is 13.5 Å². The second-order valence-corrected chi connectivity index (χ2v) is 5.91. The van der Waals surface area contributed by atoms with Crippen LogP contribution in [0.1, 0.15) is 26.2 Å². The van der Waals surface area contributed by atoms with Gasteiger partial charge in [0.05, 0.1) is 11.5 Å². The summed E-state index contributed by atoms with van der Waals surface area (Å²) in [6, 6.07) is 0. The molecule has 1 aliphatic rings. The fourth-order valence-electron chi connectivity index (χ4n) is 2.41. The van der Waals surface area contributed by atoms with Crippen LogP contribution < -0.4 is 0 Å². The van der Waals surface area contributed by atoms with Crippen molar-refractivity contribution in [3.63, 3.8) is 0 Å². The van der Waals surface area contributed by atoms with Gasteiger partial charge >= 0.3 is 17.9 Å². The van der Waals surface area contributed by atoms with Gasteiger partial charge in [-0.3, -0.25) is 0 Å². The Hall–Kier alpha value is -1.86. The Balaban J connectivity index is 2.71. The van der Waals surface area contributed by atoms with Crippen LogP contribution in [0.15, 0.2) is 23.8 Å². The van der Waals surface area contributed by atoms with Crippen molar-refractivity contribution in [2.45, 2.75) is 32.3 Å². The molecule has 1 N–H and O–H groups in total. The summed E-state index contributed by atoms with van der Waals surface area (Å²) in [5.74, 6) is -2.10. The average molecular weight is 375 g/mol. The third-order valence-corrected chi connectivity index (χ3v) is 4.02. The Morgan fingerprint density at radius 1 is 1.28 bits per heavy atom.